The van der Waals surface area contributed by atoms with Crippen molar-refractivity contribution in [2.24, 2.45) is 0 Å². The van der Waals surface area contributed by atoms with Gasteiger partial charge in [0.05, 0.1) is 5.56 Å². The van der Waals surface area contributed by atoms with Gasteiger partial charge in [0.2, 0.25) is 6.17 Å². The third kappa shape index (κ3) is 3.88. The first-order chi connectivity index (χ1) is 15.2. The Morgan fingerprint density at radius 1 is 0.613 bits per heavy atom. The lowest BCUT2D eigenvalue weighted by Gasteiger charge is -2.26. The van der Waals surface area contributed by atoms with Crippen molar-refractivity contribution in [1.29, 1.82) is 0 Å². The quantitative estimate of drug-likeness (QED) is 0.407. The molecule has 1 aliphatic heterocycles. The number of phenolic OH excluding ortho intramolecular Hbond substituents is 2. The Bertz CT molecular complexity index is 1150. The zero-order valence-corrected chi connectivity index (χ0v) is 17.5. The Labute approximate surface area is 182 Å². The molecule has 0 aromatic heterocycles. The van der Waals surface area contributed by atoms with Crippen molar-refractivity contribution < 1.29 is 20.0 Å². The molecule has 4 nitrogen and oxygen atoms in total. The van der Waals surface area contributed by atoms with Gasteiger partial charge >= 0.3 is 0 Å². The van der Waals surface area contributed by atoms with Crippen LogP contribution in [0.25, 0.3) is 10.8 Å². The number of nitrogens with one attached hydrogen (secondary N) is 2. The molecule has 0 aliphatic carbocycles. The fourth-order valence-electron chi connectivity index (χ4n) is 5.03. The van der Waals surface area contributed by atoms with Crippen LogP contribution in [0.3, 0.4) is 0 Å². The fourth-order valence-corrected chi connectivity index (χ4v) is 5.03. The largest absolute Gasteiger partial charge is 0.507 e. The minimum absolute atomic E-state index is 0.213. The highest BCUT2D eigenvalue weighted by Gasteiger charge is 2.42. The van der Waals surface area contributed by atoms with Crippen molar-refractivity contribution in [3.05, 3.63) is 108 Å². The van der Waals surface area contributed by atoms with E-state index < -0.39 is 0 Å². The molecule has 4 aromatic carbocycles. The van der Waals surface area contributed by atoms with Crippen LogP contribution >= 0.6 is 0 Å². The number of benzene rings is 4. The first-order valence-electron chi connectivity index (χ1n) is 10.9. The summed E-state index contributed by atoms with van der Waals surface area (Å²) in [5, 5.41) is 23.3. The molecule has 4 heteroatoms. The summed E-state index contributed by atoms with van der Waals surface area (Å²) >= 11 is 0. The van der Waals surface area contributed by atoms with Gasteiger partial charge in [0, 0.05) is 11.1 Å². The van der Waals surface area contributed by atoms with Gasteiger partial charge in [-0.25, -0.2) is 0 Å². The molecule has 156 valence electrons. The third-order valence-electron chi connectivity index (χ3n) is 6.54. The highest BCUT2D eigenvalue weighted by molar-refractivity contribution is 5.85. The van der Waals surface area contributed by atoms with Crippen molar-refractivity contribution in [2.75, 3.05) is 13.1 Å². The minimum atomic E-state index is 0.213. The predicted molar refractivity (Wildman–Crippen MR) is 122 cm³/mol. The molecule has 0 radical (unpaired) electrons. The predicted octanol–water partition coefficient (Wildman–Crippen LogP) is 2.43. The van der Waals surface area contributed by atoms with Gasteiger partial charge in [-0.05, 0) is 41.1 Å². The van der Waals surface area contributed by atoms with E-state index in [4.69, 9.17) is 0 Å². The van der Waals surface area contributed by atoms with Gasteiger partial charge < -0.3 is 10.2 Å². The smallest absolute Gasteiger partial charge is 0.241 e. The Balaban J connectivity index is 1.55. The Morgan fingerprint density at radius 3 is 1.74 bits per heavy atom. The molecule has 1 fully saturated rings. The molecule has 1 heterocycles. The summed E-state index contributed by atoms with van der Waals surface area (Å²) in [7, 11) is 0. The number of fused-ring (bicyclic) bond motifs is 1. The molecule has 0 saturated carbocycles. The Morgan fingerprint density at radius 2 is 1.13 bits per heavy atom. The number of hydrogen-bond acceptors (Lipinski definition) is 2. The van der Waals surface area contributed by atoms with Crippen LogP contribution in [0, 0.1) is 0 Å². The molecule has 31 heavy (non-hydrogen) atoms. The first kappa shape index (κ1) is 19.6. The summed E-state index contributed by atoms with van der Waals surface area (Å²) in [5.74, 6) is 0.724. The molecule has 0 spiro atoms. The van der Waals surface area contributed by atoms with Gasteiger partial charge in [-0.15, -0.1) is 0 Å². The maximum Gasteiger partial charge on any atom is 0.241 e. The molecule has 4 aromatic rings. The van der Waals surface area contributed by atoms with Crippen LogP contribution in [0.2, 0.25) is 0 Å². The molecule has 2 atom stereocenters. The van der Waals surface area contributed by atoms with Gasteiger partial charge in [0.1, 0.15) is 37.7 Å². The highest BCUT2D eigenvalue weighted by atomic mass is 16.3. The average molecular weight is 413 g/mol. The highest BCUT2D eigenvalue weighted by Crippen LogP contribution is 2.23. The summed E-state index contributed by atoms with van der Waals surface area (Å²) in [5.41, 5.74) is 3.28. The van der Waals surface area contributed by atoms with Crippen molar-refractivity contribution in [3.63, 3.8) is 0 Å². The Hall–Kier alpha value is -3.34. The topological polar surface area (TPSA) is 49.3 Å². The second-order valence-corrected chi connectivity index (χ2v) is 8.43. The van der Waals surface area contributed by atoms with Crippen LogP contribution in [-0.4, -0.2) is 23.3 Å². The molecule has 2 unspecified atom stereocenters. The van der Waals surface area contributed by atoms with E-state index >= 15 is 0 Å². The number of rotatable bonds is 5. The Kier molecular flexibility index (Phi) is 5.33. The zero-order valence-electron chi connectivity index (χ0n) is 17.5. The number of aromatic hydroxyl groups is 2. The molecular formula is C27H28N2O2+2. The molecule has 4 N–H and O–H groups in total. The van der Waals surface area contributed by atoms with E-state index in [-0.39, 0.29) is 6.17 Å². The van der Waals surface area contributed by atoms with E-state index in [0.29, 0.717) is 11.5 Å². The molecular weight excluding hydrogens is 384 g/mol. The van der Waals surface area contributed by atoms with Crippen molar-refractivity contribution in [2.45, 2.75) is 19.3 Å². The maximum absolute atomic E-state index is 10.4. The van der Waals surface area contributed by atoms with E-state index in [1.807, 2.05) is 36.4 Å². The maximum atomic E-state index is 10.4. The number of quaternary nitrogens is 2. The molecule has 0 bridgehead atoms. The summed E-state index contributed by atoms with van der Waals surface area (Å²) in [6, 6.07) is 30.4. The molecule has 0 amide bonds. The van der Waals surface area contributed by atoms with Crippen LogP contribution < -0.4 is 9.80 Å². The first-order valence-corrected chi connectivity index (χ1v) is 10.9. The van der Waals surface area contributed by atoms with Gasteiger partial charge in [-0.2, -0.15) is 0 Å². The van der Waals surface area contributed by atoms with Gasteiger partial charge in [0.15, 0.2) is 0 Å². The molecule has 1 saturated heterocycles. The third-order valence-corrected chi connectivity index (χ3v) is 6.54. The second-order valence-electron chi connectivity index (χ2n) is 8.43. The summed E-state index contributed by atoms with van der Waals surface area (Å²) < 4.78 is 0. The molecule has 5 rings (SSSR count). The van der Waals surface area contributed by atoms with Crippen LogP contribution in [-0.2, 0) is 13.1 Å². The van der Waals surface area contributed by atoms with Crippen LogP contribution in [0.15, 0.2) is 91.0 Å². The second kappa shape index (κ2) is 8.42. The molecule has 1 aliphatic rings. The summed E-state index contributed by atoms with van der Waals surface area (Å²) in [6.07, 6.45) is 0.213. The average Bonchev–Trinajstić information content (AvgIpc) is 3.18. The van der Waals surface area contributed by atoms with Gasteiger partial charge in [-0.3, -0.25) is 9.80 Å². The van der Waals surface area contributed by atoms with Crippen molar-refractivity contribution >= 4 is 10.8 Å². The lowest BCUT2D eigenvalue weighted by Crippen LogP contribution is -3.22. The minimum Gasteiger partial charge on any atom is -0.507 e. The number of para-hydroxylation sites is 2. The summed E-state index contributed by atoms with van der Waals surface area (Å²) in [6.45, 7) is 3.55. The lowest BCUT2D eigenvalue weighted by atomic mass is 10.0. The van der Waals surface area contributed by atoms with E-state index in [0.717, 1.165) is 37.3 Å². The van der Waals surface area contributed by atoms with Crippen LogP contribution in [0.1, 0.15) is 22.9 Å². The number of phenols is 2. The van der Waals surface area contributed by atoms with Crippen LogP contribution in [0.5, 0.6) is 11.5 Å². The van der Waals surface area contributed by atoms with Gasteiger partial charge in [0.25, 0.3) is 0 Å². The number of hydrogen-bond donors (Lipinski definition) is 4. The van der Waals surface area contributed by atoms with E-state index in [1.54, 1.807) is 12.1 Å². The monoisotopic (exact) mass is 412 g/mol. The van der Waals surface area contributed by atoms with Crippen LogP contribution in [0.4, 0.5) is 0 Å². The summed E-state index contributed by atoms with van der Waals surface area (Å²) in [4.78, 5) is 2.87. The van der Waals surface area contributed by atoms with Crippen molar-refractivity contribution in [3.8, 4) is 11.5 Å². The normalized spacial score (nSPS) is 20.8. The van der Waals surface area contributed by atoms with Crippen molar-refractivity contribution in [1.82, 2.24) is 0 Å². The van der Waals surface area contributed by atoms with E-state index in [9.17, 15) is 10.2 Å². The lowest BCUT2D eigenvalue weighted by molar-refractivity contribution is -1.09. The van der Waals surface area contributed by atoms with E-state index in [2.05, 4.69) is 42.5 Å². The fraction of sp³-hybridized carbons (Fsp3) is 0.185. The SMILES string of the molecule is Oc1ccccc1C[NH+]1CC[NH+](Cc2ccccc2O)C1c1cccc2ccccc12. The van der Waals surface area contributed by atoms with Gasteiger partial charge in [-0.1, -0.05) is 60.7 Å². The zero-order chi connectivity index (χ0) is 21.2. The van der Waals surface area contributed by atoms with E-state index in [1.165, 1.54) is 26.1 Å². The standard InChI is InChI=1S/C27H26N2O2/c30-25-14-5-2-9-21(25)18-28-16-17-29(19-22-10-3-6-15-26(22)31)27(28)24-13-7-11-20-8-1-4-12-23(20)24/h1-15,27,30-31H,16-19H2/p+2.